The molecular formula is C14H14Br2O. The van der Waals surface area contributed by atoms with Crippen molar-refractivity contribution in [3.05, 3.63) is 37.8 Å². The maximum absolute atomic E-state index is 9.87. The van der Waals surface area contributed by atoms with Crippen molar-refractivity contribution in [2.45, 2.75) is 26.7 Å². The van der Waals surface area contributed by atoms with Crippen molar-refractivity contribution in [1.82, 2.24) is 0 Å². The van der Waals surface area contributed by atoms with Gasteiger partial charge in [-0.2, -0.15) is 0 Å². The van der Waals surface area contributed by atoms with Gasteiger partial charge in [-0.25, -0.2) is 0 Å². The van der Waals surface area contributed by atoms with Crippen LogP contribution in [-0.2, 0) is 6.42 Å². The van der Waals surface area contributed by atoms with Gasteiger partial charge in [0, 0.05) is 0 Å². The van der Waals surface area contributed by atoms with Crippen LogP contribution in [0.5, 0.6) is 5.75 Å². The fourth-order valence-corrected chi connectivity index (χ4v) is 2.86. The lowest BCUT2D eigenvalue weighted by molar-refractivity contribution is 0.467. The summed E-state index contributed by atoms with van der Waals surface area (Å²) in [5, 5.41) is 9.87. The minimum absolute atomic E-state index is 0.250. The van der Waals surface area contributed by atoms with Gasteiger partial charge in [0.05, 0.1) is 8.95 Å². The lowest BCUT2D eigenvalue weighted by Gasteiger charge is -2.15. The number of rotatable bonds is 3. The van der Waals surface area contributed by atoms with Crippen molar-refractivity contribution in [2.75, 3.05) is 0 Å². The fourth-order valence-electron chi connectivity index (χ4n) is 1.72. The van der Waals surface area contributed by atoms with E-state index in [1.54, 1.807) is 0 Å². The number of benzene rings is 1. The number of phenolic OH excluding ortho intramolecular Hbond substituents is 1. The maximum Gasteiger partial charge on any atom is 0.144 e. The molecule has 17 heavy (non-hydrogen) atoms. The minimum atomic E-state index is 0.250. The third kappa shape index (κ3) is 2.94. The second kappa shape index (κ2) is 5.75. The number of aromatic hydroxyl groups is 1. The minimum Gasteiger partial charge on any atom is -0.506 e. The van der Waals surface area contributed by atoms with E-state index in [-0.39, 0.29) is 5.75 Å². The number of hydrogen-bond donors (Lipinski definition) is 1. The Kier molecular flexibility index (Phi) is 4.85. The summed E-state index contributed by atoms with van der Waals surface area (Å²) in [6, 6.07) is 0. The highest BCUT2D eigenvalue weighted by molar-refractivity contribution is 9.11. The first kappa shape index (κ1) is 14.3. The van der Waals surface area contributed by atoms with Crippen molar-refractivity contribution in [3.8, 4) is 18.1 Å². The molecule has 1 N–H and O–H groups in total. The molecule has 0 aliphatic rings. The average molecular weight is 358 g/mol. The van der Waals surface area contributed by atoms with Crippen molar-refractivity contribution in [1.29, 1.82) is 0 Å². The first-order chi connectivity index (χ1) is 7.90. The zero-order valence-electron chi connectivity index (χ0n) is 9.90. The van der Waals surface area contributed by atoms with Crippen LogP contribution in [-0.4, -0.2) is 5.11 Å². The Hall–Kier alpha value is -0.720. The molecule has 0 saturated carbocycles. The van der Waals surface area contributed by atoms with Crippen molar-refractivity contribution in [2.24, 2.45) is 0 Å². The van der Waals surface area contributed by atoms with Crippen LogP contribution in [0.2, 0.25) is 0 Å². The van der Waals surface area contributed by atoms with Crippen LogP contribution >= 0.6 is 31.9 Å². The standard InChI is InChI=1S/C14H14Br2O/c1-5-8(2)6-7-11-9(3)12(15)14(17)13(16)10(11)4/h1,17H,2,6-7H2,3-4H3. The van der Waals surface area contributed by atoms with Gasteiger partial charge in [0.1, 0.15) is 5.75 Å². The highest BCUT2D eigenvalue weighted by Gasteiger charge is 2.15. The predicted molar refractivity (Wildman–Crippen MR) is 79.3 cm³/mol. The molecule has 1 aromatic carbocycles. The summed E-state index contributed by atoms with van der Waals surface area (Å²) in [6.45, 7) is 7.77. The highest BCUT2D eigenvalue weighted by Crippen LogP contribution is 2.40. The Bertz CT molecular complexity index is 481. The zero-order chi connectivity index (χ0) is 13.2. The SMILES string of the molecule is C#CC(=C)CCc1c(C)c(Br)c(O)c(Br)c1C. The lowest BCUT2D eigenvalue weighted by Crippen LogP contribution is -1.98. The molecule has 90 valence electrons. The molecule has 1 nitrogen and oxygen atoms in total. The Morgan fingerprint density at radius 3 is 2.18 bits per heavy atom. The Balaban J connectivity index is 3.17. The van der Waals surface area contributed by atoms with E-state index < -0.39 is 0 Å². The van der Waals surface area contributed by atoms with Gasteiger partial charge in [0.25, 0.3) is 0 Å². The van der Waals surface area contributed by atoms with Gasteiger partial charge >= 0.3 is 0 Å². The summed E-state index contributed by atoms with van der Waals surface area (Å²) < 4.78 is 1.47. The quantitative estimate of drug-likeness (QED) is 0.780. The van der Waals surface area contributed by atoms with Crippen LogP contribution < -0.4 is 0 Å². The number of allylic oxidation sites excluding steroid dienone is 1. The van der Waals surface area contributed by atoms with E-state index in [9.17, 15) is 5.11 Å². The van der Waals surface area contributed by atoms with Crippen LogP contribution in [0.15, 0.2) is 21.1 Å². The first-order valence-corrected chi connectivity index (χ1v) is 6.79. The van der Waals surface area contributed by atoms with E-state index in [0.29, 0.717) is 0 Å². The van der Waals surface area contributed by atoms with Gasteiger partial charge < -0.3 is 5.11 Å². The molecule has 0 aliphatic heterocycles. The lowest BCUT2D eigenvalue weighted by atomic mass is 9.96. The molecule has 0 unspecified atom stereocenters. The van der Waals surface area contributed by atoms with E-state index >= 15 is 0 Å². The van der Waals surface area contributed by atoms with Gasteiger partial charge in [0.2, 0.25) is 0 Å². The normalized spacial score (nSPS) is 10.1. The zero-order valence-corrected chi connectivity index (χ0v) is 13.1. The smallest absolute Gasteiger partial charge is 0.144 e. The topological polar surface area (TPSA) is 20.2 Å². The Morgan fingerprint density at radius 2 is 1.76 bits per heavy atom. The van der Waals surface area contributed by atoms with Gasteiger partial charge in [-0.05, 0) is 80.8 Å². The van der Waals surface area contributed by atoms with Crippen LogP contribution in [0.4, 0.5) is 0 Å². The van der Waals surface area contributed by atoms with Gasteiger partial charge in [0.15, 0.2) is 0 Å². The summed E-state index contributed by atoms with van der Waals surface area (Å²) in [5.74, 6) is 2.80. The van der Waals surface area contributed by atoms with E-state index in [0.717, 1.165) is 38.5 Å². The summed E-state index contributed by atoms with van der Waals surface area (Å²) in [7, 11) is 0. The molecule has 3 heteroatoms. The van der Waals surface area contributed by atoms with Gasteiger partial charge in [-0.3, -0.25) is 0 Å². The van der Waals surface area contributed by atoms with E-state index in [1.165, 1.54) is 5.56 Å². The first-order valence-electron chi connectivity index (χ1n) is 5.20. The highest BCUT2D eigenvalue weighted by atomic mass is 79.9. The fraction of sp³-hybridized carbons (Fsp3) is 0.286. The molecule has 1 aromatic rings. The van der Waals surface area contributed by atoms with E-state index in [1.807, 2.05) is 13.8 Å². The third-order valence-electron chi connectivity index (χ3n) is 2.86. The molecule has 0 aliphatic carbocycles. The summed E-state index contributed by atoms with van der Waals surface area (Å²) >= 11 is 6.79. The second-order valence-corrected chi connectivity index (χ2v) is 5.54. The molecule has 0 aromatic heterocycles. The number of phenols is 1. The molecule has 0 heterocycles. The van der Waals surface area contributed by atoms with Crippen LogP contribution in [0, 0.1) is 26.2 Å². The molecular weight excluding hydrogens is 344 g/mol. The van der Waals surface area contributed by atoms with Gasteiger partial charge in [-0.1, -0.05) is 12.5 Å². The largest absolute Gasteiger partial charge is 0.506 e. The van der Waals surface area contributed by atoms with Crippen LogP contribution in [0.1, 0.15) is 23.1 Å². The molecule has 0 radical (unpaired) electrons. The summed E-state index contributed by atoms with van der Waals surface area (Å²) in [5.41, 5.74) is 4.09. The Morgan fingerprint density at radius 1 is 1.29 bits per heavy atom. The molecule has 0 bridgehead atoms. The molecule has 0 saturated heterocycles. The van der Waals surface area contributed by atoms with E-state index in [2.05, 4.69) is 44.4 Å². The third-order valence-corrected chi connectivity index (χ3v) is 4.80. The van der Waals surface area contributed by atoms with Crippen molar-refractivity contribution < 1.29 is 5.11 Å². The van der Waals surface area contributed by atoms with Crippen molar-refractivity contribution >= 4 is 31.9 Å². The second-order valence-electron chi connectivity index (χ2n) is 3.95. The summed E-state index contributed by atoms with van der Waals surface area (Å²) in [6.07, 6.45) is 6.89. The number of terminal acetylenes is 1. The maximum atomic E-state index is 9.87. The van der Waals surface area contributed by atoms with Crippen molar-refractivity contribution in [3.63, 3.8) is 0 Å². The van der Waals surface area contributed by atoms with Gasteiger partial charge in [-0.15, -0.1) is 6.42 Å². The molecule has 0 fully saturated rings. The molecule has 0 spiro atoms. The average Bonchev–Trinajstić information content (AvgIpc) is 2.33. The van der Waals surface area contributed by atoms with Crippen LogP contribution in [0.3, 0.4) is 0 Å². The van der Waals surface area contributed by atoms with Crippen LogP contribution in [0.25, 0.3) is 0 Å². The number of halogens is 2. The predicted octanol–water partition coefficient (Wildman–Crippen LogP) is 4.66. The molecule has 1 rings (SSSR count). The van der Waals surface area contributed by atoms with E-state index in [4.69, 9.17) is 6.42 Å². The summed E-state index contributed by atoms with van der Waals surface area (Å²) in [4.78, 5) is 0. The Labute approximate surface area is 119 Å². The molecule has 0 amide bonds. The number of hydrogen-bond acceptors (Lipinski definition) is 1. The molecule has 0 atom stereocenters. The monoisotopic (exact) mass is 356 g/mol.